The van der Waals surface area contributed by atoms with Gasteiger partial charge in [0.15, 0.2) is 0 Å². The number of thiophene rings is 1. The number of fused-ring (bicyclic) bond motifs is 2. The van der Waals surface area contributed by atoms with Crippen molar-refractivity contribution in [3.63, 3.8) is 0 Å². The maximum atomic E-state index is 11.9. The van der Waals surface area contributed by atoms with Gasteiger partial charge in [-0.2, -0.15) is 0 Å². The number of rotatable bonds is 7. The molecule has 3 unspecified atom stereocenters. The Morgan fingerprint density at radius 1 is 1.33 bits per heavy atom. The van der Waals surface area contributed by atoms with Gasteiger partial charge in [0.25, 0.3) is 0 Å². The minimum absolute atomic E-state index is 0.348. The average molecular weight is 402 g/mol. The summed E-state index contributed by atoms with van der Waals surface area (Å²) in [7, 11) is 0. The lowest BCUT2D eigenvalue weighted by Gasteiger charge is -2.17. The van der Waals surface area contributed by atoms with Crippen molar-refractivity contribution in [3.05, 3.63) is 34.3 Å². The van der Waals surface area contributed by atoms with Crippen molar-refractivity contribution in [2.24, 2.45) is 11.5 Å². The molecule has 27 heavy (non-hydrogen) atoms. The molecule has 0 fully saturated rings. The first-order valence-corrected chi connectivity index (χ1v) is 11.7. The van der Waals surface area contributed by atoms with Crippen LogP contribution in [0.25, 0.3) is 10.4 Å². The van der Waals surface area contributed by atoms with E-state index in [9.17, 15) is 4.79 Å². The molecule has 2 aromatic rings. The van der Waals surface area contributed by atoms with Crippen LogP contribution in [0.1, 0.15) is 74.2 Å². The molecule has 1 aliphatic heterocycles. The predicted molar refractivity (Wildman–Crippen MR) is 113 cm³/mol. The van der Waals surface area contributed by atoms with E-state index in [4.69, 9.17) is 16.5 Å². The van der Waals surface area contributed by atoms with E-state index in [0.29, 0.717) is 5.92 Å². The van der Waals surface area contributed by atoms with E-state index in [2.05, 4.69) is 24.4 Å². The SMILES string of the molecule is CCCCCCC1CCc2c1nc1c(c2-c2cccs2)C(N)C(C(N)=O)S1. The highest BCUT2D eigenvalue weighted by Gasteiger charge is 2.41. The second-order valence-corrected chi connectivity index (χ2v) is 9.68. The Hall–Kier alpha value is -1.37. The zero-order valence-electron chi connectivity index (χ0n) is 15.7. The quantitative estimate of drug-likeness (QED) is 0.655. The highest BCUT2D eigenvalue weighted by molar-refractivity contribution is 8.01. The highest BCUT2D eigenvalue weighted by Crippen LogP contribution is 2.52. The van der Waals surface area contributed by atoms with Gasteiger partial charge in [0, 0.05) is 27.6 Å². The Bertz CT molecular complexity index is 834. The van der Waals surface area contributed by atoms with Crippen LogP contribution in [0.15, 0.2) is 22.5 Å². The largest absolute Gasteiger partial charge is 0.369 e. The lowest BCUT2D eigenvalue weighted by atomic mass is 9.93. The smallest absolute Gasteiger partial charge is 0.232 e. The van der Waals surface area contributed by atoms with Gasteiger partial charge in [-0.3, -0.25) is 4.79 Å². The fourth-order valence-electron chi connectivity index (χ4n) is 4.46. The summed E-state index contributed by atoms with van der Waals surface area (Å²) in [5.41, 5.74) is 17.0. The number of aromatic nitrogens is 1. The molecule has 6 heteroatoms. The van der Waals surface area contributed by atoms with E-state index < -0.39 is 5.25 Å². The molecular formula is C21H27N3OS2. The van der Waals surface area contributed by atoms with E-state index in [-0.39, 0.29) is 11.9 Å². The van der Waals surface area contributed by atoms with Gasteiger partial charge in [-0.1, -0.05) is 50.4 Å². The maximum Gasteiger partial charge on any atom is 0.232 e. The third-order valence-corrected chi connectivity index (χ3v) is 8.02. The van der Waals surface area contributed by atoms with Gasteiger partial charge in [-0.15, -0.1) is 11.3 Å². The summed E-state index contributed by atoms with van der Waals surface area (Å²) in [5, 5.41) is 2.61. The number of pyridine rings is 1. The van der Waals surface area contributed by atoms with Crippen molar-refractivity contribution in [2.45, 2.75) is 74.1 Å². The Morgan fingerprint density at radius 2 is 2.19 bits per heavy atom. The number of amides is 1. The fraction of sp³-hybridized carbons (Fsp3) is 0.524. The maximum absolute atomic E-state index is 11.9. The van der Waals surface area contributed by atoms with Crippen molar-refractivity contribution in [3.8, 4) is 10.4 Å². The Morgan fingerprint density at radius 3 is 2.89 bits per heavy atom. The molecule has 0 radical (unpaired) electrons. The molecule has 3 atom stereocenters. The summed E-state index contributed by atoms with van der Waals surface area (Å²) in [6, 6.07) is 3.86. The fourth-order valence-corrected chi connectivity index (χ4v) is 6.43. The van der Waals surface area contributed by atoms with Crippen molar-refractivity contribution in [1.82, 2.24) is 4.98 Å². The molecule has 4 rings (SSSR count). The number of thioether (sulfide) groups is 1. The molecule has 2 aliphatic rings. The Kier molecular flexibility index (Phi) is 5.58. The van der Waals surface area contributed by atoms with Gasteiger partial charge >= 0.3 is 0 Å². The van der Waals surface area contributed by atoms with Gasteiger partial charge < -0.3 is 11.5 Å². The molecule has 2 aromatic heterocycles. The monoisotopic (exact) mass is 401 g/mol. The first-order chi connectivity index (χ1) is 13.1. The van der Waals surface area contributed by atoms with Crippen LogP contribution in [0.3, 0.4) is 0 Å². The molecule has 1 amide bonds. The Labute approximate surface area is 169 Å². The summed E-state index contributed by atoms with van der Waals surface area (Å²) in [5.74, 6) is 0.184. The predicted octanol–water partition coefficient (Wildman–Crippen LogP) is 4.77. The van der Waals surface area contributed by atoms with Crippen LogP contribution in [-0.4, -0.2) is 16.1 Å². The molecule has 1 aliphatic carbocycles. The molecule has 0 spiro atoms. The van der Waals surface area contributed by atoms with Crippen molar-refractivity contribution in [2.75, 3.05) is 0 Å². The van der Waals surface area contributed by atoms with E-state index in [1.807, 2.05) is 0 Å². The number of hydrogen-bond acceptors (Lipinski definition) is 5. The van der Waals surface area contributed by atoms with Crippen molar-refractivity contribution < 1.29 is 4.79 Å². The second kappa shape index (κ2) is 7.94. The third-order valence-electron chi connectivity index (χ3n) is 5.81. The molecule has 0 saturated heterocycles. The number of hydrogen-bond donors (Lipinski definition) is 2. The summed E-state index contributed by atoms with van der Waals surface area (Å²) >= 11 is 3.19. The third kappa shape index (κ3) is 3.43. The van der Waals surface area contributed by atoms with Gasteiger partial charge in [-0.05, 0) is 36.3 Å². The topological polar surface area (TPSA) is 82.0 Å². The molecule has 144 valence electrons. The molecule has 0 saturated carbocycles. The molecule has 4 N–H and O–H groups in total. The van der Waals surface area contributed by atoms with Crippen LogP contribution in [0.5, 0.6) is 0 Å². The number of nitrogens with zero attached hydrogens (tertiary/aromatic N) is 1. The number of carbonyl (C=O) groups is 1. The van der Waals surface area contributed by atoms with Crippen LogP contribution in [0, 0.1) is 0 Å². The van der Waals surface area contributed by atoms with Crippen LogP contribution >= 0.6 is 23.1 Å². The van der Waals surface area contributed by atoms with Gasteiger partial charge in [0.2, 0.25) is 5.91 Å². The second-order valence-electron chi connectivity index (χ2n) is 7.60. The lowest BCUT2D eigenvalue weighted by molar-refractivity contribution is -0.117. The van der Waals surface area contributed by atoms with Gasteiger partial charge in [0.05, 0.1) is 6.04 Å². The minimum atomic E-state index is -0.420. The summed E-state index contributed by atoms with van der Waals surface area (Å²) in [4.78, 5) is 18.2. The number of carbonyl (C=O) groups excluding carboxylic acids is 1. The van der Waals surface area contributed by atoms with E-state index in [1.54, 1.807) is 11.3 Å². The van der Waals surface area contributed by atoms with Gasteiger partial charge in [-0.25, -0.2) is 4.98 Å². The van der Waals surface area contributed by atoms with Crippen LogP contribution < -0.4 is 11.5 Å². The van der Waals surface area contributed by atoms with Gasteiger partial charge in [0.1, 0.15) is 10.3 Å². The first kappa shape index (κ1) is 19.0. The standard InChI is InChI=1S/C21H27N3OS2/c1-2-3-4-5-7-12-9-10-13-15(14-8-6-11-26-14)16-17(22)19(20(23)25)27-21(16)24-18(12)13/h6,8,11-12,17,19H,2-5,7,9-10,22H2,1H3,(H2,23,25). The molecular weight excluding hydrogens is 374 g/mol. The lowest BCUT2D eigenvalue weighted by Crippen LogP contribution is -2.33. The number of unbranched alkanes of at least 4 members (excludes halogenated alkanes) is 3. The van der Waals surface area contributed by atoms with E-state index in [0.717, 1.165) is 17.0 Å². The zero-order valence-corrected chi connectivity index (χ0v) is 17.4. The summed E-state index contributed by atoms with van der Waals surface area (Å²) in [6.45, 7) is 2.25. The number of primary amides is 1. The zero-order chi connectivity index (χ0) is 19.0. The number of nitrogens with two attached hydrogens (primary N) is 2. The summed E-state index contributed by atoms with van der Waals surface area (Å²) in [6.07, 6.45) is 8.57. The van der Waals surface area contributed by atoms with Crippen LogP contribution in [0.2, 0.25) is 0 Å². The average Bonchev–Trinajstić information content (AvgIpc) is 3.37. The molecule has 0 bridgehead atoms. The van der Waals surface area contributed by atoms with Crippen LogP contribution in [0.4, 0.5) is 0 Å². The first-order valence-electron chi connectivity index (χ1n) is 9.93. The van der Waals surface area contributed by atoms with E-state index in [1.165, 1.54) is 72.0 Å². The summed E-state index contributed by atoms with van der Waals surface area (Å²) < 4.78 is 0. The van der Waals surface area contributed by atoms with Crippen molar-refractivity contribution >= 4 is 29.0 Å². The Balaban J connectivity index is 1.74. The molecule has 3 heterocycles. The minimum Gasteiger partial charge on any atom is -0.369 e. The molecule has 0 aromatic carbocycles. The van der Waals surface area contributed by atoms with Crippen molar-refractivity contribution in [1.29, 1.82) is 0 Å². The van der Waals surface area contributed by atoms with E-state index >= 15 is 0 Å². The highest BCUT2D eigenvalue weighted by atomic mass is 32.2. The normalized spacial score (nSPS) is 23.4. The molecule has 4 nitrogen and oxygen atoms in total. The van der Waals surface area contributed by atoms with Crippen LogP contribution in [-0.2, 0) is 11.2 Å².